The minimum atomic E-state index is 0.570. The molecule has 0 amide bonds. The minimum absolute atomic E-state index is 0.570. The molecule has 0 aliphatic carbocycles. The third kappa shape index (κ3) is 2.24. The van der Waals surface area contributed by atoms with Gasteiger partial charge in [0.1, 0.15) is 5.75 Å². The topological polar surface area (TPSA) is 18.5 Å². The second kappa shape index (κ2) is 4.78. The lowest BCUT2D eigenvalue weighted by Gasteiger charge is -2.06. The minimum Gasteiger partial charge on any atom is -0.496 e. The van der Waals surface area contributed by atoms with Crippen LogP contribution in [0.25, 0.3) is 0 Å². The molecule has 65 valence electrons. The Balaban J connectivity index is 2.68. The molecule has 0 unspecified atom stereocenters. The molecule has 2 heteroatoms. The molecule has 0 aliphatic rings. The highest BCUT2D eigenvalue weighted by molar-refractivity contribution is 5.32. The summed E-state index contributed by atoms with van der Waals surface area (Å²) in [7, 11) is 1.66. The Bertz CT molecular complexity index is 233. The molecule has 0 saturated heterocycles. The van der Waals surface area contributed by atoms with E-state index in [0.717, 1.165) is 11.3 Å². The van der Waals surface area contributed by atoms with Gasteiger partial charge < -0.3 is 9.47 Å². The largest absolute Gasteiger partial charge is 0.496 e. The summed E-state index contributed by atoms with van der Waals surface area (Å²) in [5.41, 5.74) is 1.07. The first-order valence-corrected chi connectivity index (χ1v) is 3.90. The highest BCUT2D eigenvalue weighted by Gasteiger charge is 1.99. The predicted molar refractivity (Wildman–Crippen MR) is 47.8 cm³/mol. The number of rotatable bonds is 4. The van der Waals surface area contributed by atoms with Crippen LogP contribution in [0.2, 0.25) is 0 Å². The van der Waals surface area contributed by atoms with Crippen molar-refractivity contribution < 1.29 is 9.47 Å². The molecule has 0 N–H and O–H groups in total. The number of hydrogen-bond acceptors (Lipinski definition) is 2. The van der Waals surface area contributed by atoms with E-state index in [4.69, 9.17) is 9.47 Å². The van der Waals surface area contributed by atoms with Crippen LogP contribution in [-0.2, 0) is 11.3 Å². The Hall–Kier alpha value is -1.02. The second-order valence-corrected chi connectivity index (χ2v) is 2.36. The fourth-order valence-electron chi connectivity index (χ4n) is 0.995. The van der Waals surface area contributed by atoms with Crippen molar-refractivity contribution in [2.75, 3.05) is 7.11 Å². The molecule has 0 atom stereocenters. The van der Waals surface area contributed by atoms with E-state index in [-0.39, 0.29) is 0 Å². The van der Waals surface area contributed by atoms with Gasteiger partial charge in [-0.15, -0.1) is 0 Å². The quantitative estimate of drug-likeness (QED) is 0.682. The molecule has 0 fully saturated rings. The first kappa shape index (κ1) is 9.07. The third-order valence-electron chi connectivity index (χ3n) is 1.60. The van der Waals surface area contributed by atoms with Crippen LogP contribution in [0.3, 0.4) is 0 Å². The number of methoxy groups -OCH3 is 1. The van der Waals surface area contributed by atoms with E-state index >= 15 is 0 Å². The Morgan fingerprint density at radius 2 is 2.08 bits per heavy atom. The van der Waals surface area contributed by atoms with Crippen molar-refractivity contribution in [3.63, 3.8) is 0 Å². The molecule has 2 nitrogen and oxygen atoms in total. The molecule has 0 saturated carbocycles. The van der Waals surface area contributed by atoms with Crippen molar-refractivity contribution in [2.24, 2.45) is 0 Å². The van der Waals surface area contributed by atoms with Gasteiger partial charge in [-0.1, -0.05) is 18.2 Å². The summed E-state index contributed by atoms with van der Waals surface area (Å²) in [5, 5.41) is 0. The van der Waals surface area contributed by atoms with Crippen LogP contribution in [0.5, 0.6) is 5.75 Å². The van der Waals surface area contributed by atoms with Gasteiger partial charge in [0.15, 0.2) is 0 Å². The fraction of sp³-hybridized carbons (Fsp3) is 0.300. The first-order valence-electron chi connectivity index (χ1n) is 3.90. The normalized spacial score (nSPS) is 9.83. The summed E-state index contributed by atoms with van der Waals surface area (Å²) >= 11 is 0. The number of benzene rings is 1. The van der Waals surface area contributed by atoms with Crippen molar-refractivity contribution in [1.29, 1.82) is 0 Å². The molecule has 1 rings (SSSR count). The maximum atomic E-state index is 5.16. The van der Waals surface area contributed by atoms with E-state index in [2.05, 4.69) is 0 Å². The predicted octanol–water partition coefficient (Wildman–Crippen LogP) is 2.39. The second-order valence-electron chi connectivity index (χ2n) is 2.36. The number of hydrogen-bond donors (Lipinski definition) is 0. The lowest BCUT2D eigenvalue weighted by atomic mass is 10.2. The molecule has 0 heterocycles. The first-order chi connectivity index (χ1) is 5.88. The van der Waals surface area contributed by atoms with Gasteiger partial charge in [-0.05, 0) is 13.0 Å². The highest BCUT2D eigenvalue weighted by atomic mass is 16.5. The van der Waals surface area contributed by atoms with Crippen molar-refractivity contribution in [1.82, 2.24) is 0 Å². The summed E-state index contributed by atoms with van der Waals surface area (Å²) in [6.45, 7) is 4.10. The number of ether oxygens (including phenoxy) is 2. The van der Waals surface area contributed by atoms with Gasteiger partial charge in [-0.2, -0.15) is 0 Å². The van der Waals surface area contributed by atoms with Gasteiger partial charge in [0.05, 0.1) is 20.3 Å². The molecular weight excluding hydrogens is 152 g/mol. The average Bonchev–Trinajstić information content (AvgIpc) is 2.15. The van der Waals surface area contributed by atoms with Crippen LogP contribution in [0.15, 0.2) is 24.3 Å². The molecule has 1 aromatic rings. The number of para-hydroxylation sites is 1. The molecule has 0 aliphatic heterocycles. The molecule has 0 aromatic heterocycles. The summed E-state index contributed by atoms with van der Waals surface area (Å²) in [5.74, 6) is 0.874. The Kier molecular flexibility index (Phi) is 3.61. The monoisotopic (exact) mass is 165 g/mol. The SMILES string of the molecule is C[CH]OCc1ccccc1OC. The zero-order valence-electron chi connectivity index (χ0n) is 7.41. The molecular formula is C10H13O2. The lowest BCUT2D eigenvalue weighted by Crippen LogP contribution is -1.93. The third-order valence-corrected chi connectivity index (χ3v) is 1.60. The van der Waals surface area contributed by atoms with E-state index in [9.17, 15) is 0 Å². The van der Waals surface area contributed by atoms with E-state index in [0.29, 0.717) is 6.61 Å². The smallest absolute Gasteiger partial charge is 0.124 e. The van der Waals surface area contributed by atoms with Gasteiger partial charge in [-0.3, -0.25) is 0 Å². The van der Waals surface area contributed by atoms with Gasteiger partial charge in [0, 0.05) is 5.56 Å². The Morgan fingerprint density at radius 3 is 2.75 bits per heavy atom. The molecule has 1 radical (unpaired) electrons. The van der Waals surface area contributed by atoms with Crippen LogP contribution in [0, 0.1) is 6.61 Å². The van der Waals surface area contributed by atoms with Gasteiger partial charge >= 0.3 is 0 Å². The van der Waals surface area contributed by atoms with Crippen molar-refractivity contribution in [3.05, 3.63) is 36.4 Å². The van der Waals surface area contributed by atoms with Gasteiger partial charge in [0.2, 0.25) is 0 Å². The van der Waals surface area contributed by atoms with E-state index in [1.807, 2.05) is 31.2 Å². The van der Waals surface area contributed by atoms with Crippen molar-refractivity contribution in [2.45, 2.75) is 13.5 Å². The standard InChI is InChI=1S/C10H13O2/c1-3-12-8-9-6-4-5-7-10(9)11-2/h3-7H,8H2,1-2H3. The van der Waals surface area contributed by atoms with E-state index in [1.54, 1.807) is 13.7 Å². The van der Waals surface area contributed by atoms with E-state index < -0.39 is 0 Å². The zero-order valence-corrected chi connectivity index (χ0v) is 7.41. The van der Waals surface area contributed by atoms with Crippen LogP contribution in [-0.4, -0.2) is 7.11 Å². The molecule has 1 aromatic carbocycles. The summed E-state index contributed by atoms with van der Waals surface area (Å²) in [4.78, 5) is 0. The Labute approximate surface area is 73.1 Å². The van der Waals surface area contributed by atoms with Crippen LogP contribution >= 0.6 is 0 Å². The molecule has 12 heavy (non-hydrogen) atoms. The summed E-state index contributed by atoms with van der Waals surface area (Å²) in [6.07, 6.45) is 0. The zero-order chi connectivity index (χ0) is 8.81. The highest BCUT2D eigenvalue weighted by Crippen LogP contribution is 2.17. The van der Waals surface area contributed by atoms with Gasteiger partial charge in [0.25, 0.3) is 0 Å². The van der Waals surface area contributed by atoms with Crippen molar-refractivity contribution in [3.8, 4) is 5.75 Å². The Morgan fingerprint density at radius 1 is 1.33 bits per heavy atom. The molecule has 0 bridgehead atoms. The van der Waals surface area contributed by atoms with Crippen LogP contribution < -0.4 is 4.74 Å². The maximum absolute atomic E-state index is 5.16. The van der Waals surface area contributed by atoms with Gasteiger partial charge in [-0.25, -0.2) is 0 Å². The van der Waals surface area contributed by atoms with Crippen molar-refractivity contribution >= 4 is 0 Å². The van der Waals surface area contributed by atoms with Crippen LogP contribution in [0.1, 0.15) is 12.5 Å². The maximum Gasteiger partial charge on any atom is 0.124 e. The fourth-order valence-corrected chi connectivity index (χ4v) is 0.995. The van der Waals surface area contributed by atoms with Crippen LogP contribution in [0.4, 0.5) is 0 Å². The van der Waals surface area contributed by atoms with E-state index in [1.165, 1.54) is 0 Å². The summed E-state index contributed by atoms with van der Waals surface area (Å²) in [6, 6.07) is 7.82. The lowest BCUT2D eigenvalue weighted by molar-refractivity contribution is 0.187. The average molecular weight is 165 g/mol. The molecule has 0 spiro atoms. The summed E-state index contributed by atoms with van der Waals surface area (Å²) < 4.78 is 10.3.